The van der Waals surface area contributed by atoms with Crippen molar-refractivity contribution >= 4 is 21.6 Å². The molecule has 2 aromatic rings. The van der Waals surface area contributed by atoms with Crippen molar-refractivity contribution < 1.29 is 0 Å². The molecule has 0 radical (unpaired) electrons. The van der Waals surface area contributed by atoms with Crippen LogP contribution in [0.4, 0.5) is 5.69 Å². The average Bonchev–Trinajstić information content (AvgIpc) is 2.78. The summed E-state index contributed by atoms with van der Waals surface area (Å²) >= 11 is 3.54. The number of nitrogens with one attached hydrogen (secondary N) is 1. The van der Waals surface area contributed by atoms with E-state index >= 15 is 0 Å². The first kappa shape index (κ1) is 12.2. The van der Waals surface area contributed by atoms with Crippen molar-refractivity contribution in [1.82, 2.24) is 9.78 Å². The lowest BCUT2D eigenvalue weighted by Gasteiger charge is -2.08. The third kappa shape index (κ3) is 3.09. The lowest BCUT2D eigenvalue weighted by atomic mass is 10.2. The van der Waals surface area contributed by atoms with Crippen LogP contribution in [0.25, 0.3) is 0 Å². The molecule has 0 saturated heterocycles. The monoisotopic (exact) mass is 293 g/mol. The molecule has 0 saturated carbocycles. The Bertz CT molecular complexity index is 505. The molecule has 1 aromatic carbocycles. The molecule has 0 atom stereocenters. The lowest BCUT2D eigenvalue weighted by Crippen LogP contribution is -1.99. The van der Waals surface area contributed by atoms with Crippen LogP contribution in [-0.4, -0.2) is 9.78 Å². The molecule has 2 rings (SSSR count). The summed E-state index contributed by atoms with van der Waals surface area (Å²) in [6.07, 6.45) is 3.97. The van der Waals surface area contributed by atoms with E-state index in [0.717, 1.165) is 23.2 Å². The number of anilines is 1. The molecule has 0 fully saturated rings. The van der Waals surface area contributed by atoms with Gasteiger partial charge in [0, 0.05) is 35.0 Å². The van der Waals surface area contributed by atoms with Gasteiger partial charge in [0.15, 0.2) is 0 Å². The Morgan fingerprint density at radius 2 is 2.24 bits per heavy atom. The van der Waals surface area contributed by atoms with E-state index in [2.05, 4.69) is 64.6 Å². The number of hydrogen-bond acceptors (Lipinski definition) is 2. The van der Waals surface area contributed by atoms with E-state index in [-0.39, 0.29) is 0 Å². The number of halogens is 1. The van der Waals surface area contributed by atoms with Crippen LogP contribution in [-0.2, 0) is 13.1 Å². The molecule has 0 aliphatic carbocycles. The van der Waals surface area contributed by atoms with Crippen LogP contribution < -0.4 is 5.32 Å². The standard InChI is InChI=1S/C13H16BrN3/c1-3-17-9-11(8-16-17)7-15-13-6-10(2)4-5-12(13)14/h4-6,8-9,15H,3,7H2,1-2H3. The van der Waals surface area contributed by atoms with Gasteiger partial charge in [0.2, 0.25) is 0 Å². The van der Waals surface area contributed by atoms with Crippen LogP contribution >= 0.6 is 15.9 Å². The quantitative estimate of drug-likeness (QED) is 0.934. The fourth-order valence-corrected chi connectivity index (χ4v) is 2.03. The molecule has 17 heavy (non-hydrogen) atoms. The van der Waals surface area contributed by atoms with Gasteiger partial charge in [-0.05, 0) is 47.5 Å². The number of nitrogens with zero attached hydrogens (tertiary/aromatic N) is 2. The molecule has 0 unspecified atom stereocenters. The fourth-order valence-electron chi connectivity index (χ4n) is 1.64. The van der Waals surface area contributed by atoms with Gasteiger partial charge in [0.25, 0.3) is 0 Å². The van der Waals surface area contributed by atoms with Crippen LogP contribution in [0.2, 0.25) is 0 Å². The van der Waals surface area contributed by atoms with E-state index < -0.39 is 0 Å². The summed E-state index contributed by atoms with van der Waals surface area (Å²) in [5, 5.41) is 7.66. The van der Waals surface area contributed by atoms with Gasteiger partial charge < -0.3 is 5.32 Å². The van der Waals surface area contributed by atoms with E-state index in [1.54, 1.807) is 0 Å². The van der Waals surface area contributed by atoms with Crippen LogP contribution in [0.5, 0.6) is 0 Å². The summed E-state index contributed by atoms with van der Waals surface area (Å²) in [7, 11) is 0. The molecule has 0 spiro atoms. The van der Waals surface area contributed by atoms with Gasteiger partial charge in [-0.2, -0.15) is 5.10 Å². The van der Waals surface area contributed by atoms with Crippen molar-refractivity contribution in [3.8, 4) is 0 Å². The highest BCUT2D eigenvalue weighted by atomic mass is 79.9. The predicted molar refractivity (Wildman–Crippen MR) is 74.1 cm³/mol. The average molecular weight is 294 g/mol. The highest BCUT2D eigenvalue weighted by molar-refractivity contribution is 9.10. The Balaban J connectivity index is 2.04. The number of benzene rings is 1. The van der Waals surface area contributed by atoms with Gasteiger partial charge in [0.05, 0.1) is 6.20 Å². The zero-order valence-electron chi connectivity index (χ0n) is 10.1. The Morgan fingerprint density at radius 3 is 2.94 bits per heavy atom. The zero-order valence-corrected chi connectivity index (χ0v) is 11.7. The molecule has 1 heterocycles. The van der Waals surface area contributed by atoms with Gasteiger partial charge in [-0.25, -0.2) is 0 Å². The van der Waals surface area contributed by atoms with Gasteiger partial charge >= 0.3 is 0 Å². The van der Waals surface area contributed by atoms with Crippen molar-refractivity contribution in [3.63, 3.8) is 0 Å². The first-order valence-corrected chi connectivity index (χ1v) is 6.49. The van der Waals surface area contributed by atoms with Gasteiger partial charge in [-0.15, -0.1) is 0 Å². The minimum Gasteiger partial charge on any atom is -0.380 e. The number of aromatic nitrogens is 2. The SMILES string of the molecule is CCn1cc(CNc2cc(C)ccc2Br)cn1. The Morgan fingerprint density at radius 1 is 1.41 bits per heavy atom. The maximum atomic E-state index is 4.25. The Kier molecular flexibility index (Phi) is 3.84. The summed E-state index contributed by atoms with van der Waals surface area (Å²) in [6, 6.07) is 6.28. The first-order chi connectivity index (χ1) is 8.19. The summed E-state index contributed by atoms with van der Waals surface area (Å²) in [4.78, 5) is 0. The molecule has 1 N–H and O–H groups in total. The van der Waals surface area contributed by atoms with Gasteiger partial charge in [-0.3, -0.25) is 4.68 Å². The molecule has 3 nitrogen and oxygen atoms in total. The van der Waals surface area contributed by atoms with Crippen LogP contribution in [0.3, 0.4) is 0 Å². The summed E-state index contributed by atoms with van der Waals surface area (Å²) in [5.41, 5.74) is 3.56. The minimum absolute atomic E-state index is 0.794. The van der Waals surface area contributed by atoms with Crippen LogP contribution in [0.15, 0.2) is 35.1 Å². The molecule has 4 heteroatoms. The van der Waals surface area contributed by atoms with E-state index in [9.17, 15) is 0 Å². The first-order valence-electron chi connectivity index (χ1n) is 5.70. The fraction of sp³-hybridized carbons (Fsp3) is 0.308. The summed E-state index contributed by atoms with van der Waals surface area (Å²) < 4.78 is 3.02. The molecule has 0 bridgehead atoms. The zero-order chi connectivity index (χ0) is 12.3. The second-order valence-corrected chi connectivity index (χ2v) is 4.90. The minimum atomic E-state index is 0.794. The third-order valence-corrected chi connectivity index (χ3v) is 3.31. The largest absolute Gasteiger partial charge is 0.380 e. The van der Waals surface area contributed by atoms with E-state index in [4.69, 9.17) is 0 Å². The molecule has 0 aliphatic rings. The highest BCUT2D eigenvalue weighted by Crippen LogP contribution is 2.23. The van der Waals surface area contributed by atoms with Crippen molar-refractivity contribution in [2.45, 2.75) is 26.9 Å². The van der Waals surface area contributed by atoms with Crippen molar-refractivity contribution in [2.75, 3.05) is 5.32 Å². The van der Waals surface area contributed by atoms with Crippen molar-refractivity contribution in [2.24, 2.45) is 0 Å². The third-order valence-electron chi connectivity index (χ3n) is 2.62. The van der Waals surface area contributed by atoms with Crippen molar-refractivity contribution in [3.05, 3.63) is 46.2 Å². The maximum absolute atomic E-state index is 4.25. The molecule has 1 aromatic heterocycles. The van der Waals surface area contributed by atoms with E-state index in [1.165, 1.54) is 11.1 Å². The predicted octanol–water partition coefficient (Wildman–Crippen LogP) is 3.59. The van der Waals surface area contributed by atoms with E-state index in [0.29, 0.717) is 0 Å². The molecule has 0 aliphatic heterocycles. The smallest absolute Gasteiger partial charge is 0.0539 e. The Labute approximate surface area is 110 Å². The summed E-state index contributed by atoms with van der Waals surface area (Å²) in [6.45, 7) is 5.88. The second kappa shape index (κ2) is 5.36. The maximum Gasteiger partial charge on any atom is 0.0539 e. The highest BCUT2D eigenvalue weighted by Gasteiger charge is 2.01. The molecule has 0 amide bonds. The molecule has 90 valence electrons. The van der Waals surface area contributed by atoms with Crippen LogP contribution in [0.1, 0.15) is 18.1 Å². The normalized spacial score (nSPS) is 10.5. The van der Waals surface area contributed by atoms with Gasteiger partial charge in [-0.1, -0.05) is 6.07 Å². The summed E-state index contributed by atoms with van der Waals surface area (Å²) in [5.74, 6) is 0. The number of hydrogen-bond donors (Lipinski definition) is 1. The second-order valence-electron chi connectivity index (χ2n) is 4.04. The molecular weight excluding hydrogens is 278 g/mol. The molecular formula is C13H16BrN3. The lowest BCUT2D eigenvalue weighted by molar-refractivity contribution is 0.659. The number of aryl methyl sites for hydroxylation is 2. The van der Waals surface area contributed by atoms with Crippen molar-refractivity contribution in [1.29, 1.82) is 0 Å². The Hall–Kier alpha value is -1.29. The number of rotatable bonds is 4. The topological polar surface area (TPSA) is 29.9 Å². The van der Waals surface area contributed by atoms with E-state index in [1.807, 2.05) is 10.9 Å². The van der Waals surface area contributed by atoms with Crippen LogP contribution in [0, 0.1) is 6.92 Å². The van der Waals surface area contributed by atoms with Gasteiger partial charge in [0.1, 0.15) is 0 Å².